The summed E-state index contributed by atoms with van der Waals surface area (Å²) in [7, 11) is -1.17. The highest BCUT2D eigenvalue weighted by atomic mass is 31.2. The number of aromatic hydroxyl groups is 1. The summed E-state index contributed by atoms with van der Waals surface area (Å²) < 4.78 is 27.1. The quantitative estimate of drug-likeness (QED) is 0.206. The number of nitrogens with zero attached hydrogens (tertiary/aromatic N) is 1. The Hall–Kier alpha value is -3.78. The van der Waals surface area contributed by atoms with Crippen LogP contribution in [0.2, 0.25) is 0 Å². The molecule has 4 rings (SSSR count). The van der Waals surface area contributed by atoms with Crippen LogP contribution in [-0.4, -0.2) is 51.8 Å². The molecule has 4 N–H and O–H groups in total. The molecule has 3 aromatic carbocycles. The van der Waals surface area contributed by atoms with Crippen LogP contribution in [0.4, 0.5) is 0 Å². The fourth-order valence-electron chi connectivity index (χ4n) is 3.90. The number of ether oxygens (including phenoxy) is 3. The molecule has 9 nitrogen and oxygen atoms in total. The number of methoxy groups -OCH3 is 2. The third kappa shape index (κ3) is 6.71. The van der Waals surface area contributed by atoms with Crippen molar-refractivity contribution < 1.29 is 33.7 Å². The van der Waals surface area contributed by atoms with Crippen LogP contribution in [0.15, 0.2) is 66.7 Å². The molecule has 0 saturated heterocycles. The maximum absolute atomic E-state index is 11.1. The SMILES string of the molecule is COc1cc(-c2nc(-c3ccc(OCCP(=O)(O)O)cc3)c(CCc3ccccc3)[nH]2)cc(OC)c1O. The molecule has 1 heterocycles. The summed E-state index contributed by atoms with van der Waals surface area (Å²) in [4.78, 5) is 26.3. The second-order valence-electron chi connectivity index (χ2n) is 8.39. The largest absolute Gasteiger partial charge is 0.502 e. The molecule has 10 heteroatoms. The van der Waals surface area contributed by atoms with Gasteiger partial charge in [-0.05, 0) is 54.8 Å². The van der Waals surface area contributed by atoms with Gasteiger partial charge in [-0.1, -0.05) is 30.3 Å². The Balaban J connectivity index is 1.66. The van der Waals surface area contributed by atoms with Crippen LogP contribution in [0.25, 0.3) is 22.6 Å². The van der Waals surface area contributed by atoms with E-state index in [-0.39, 0.29) is 30.0 Å². The lowest BCUT2D eigenvalue weighted by atomic mass is 10.0. The Labute approximate surface area is 214 Å². The van der Waals surface area contributed by atoms with Crippen LogP contribution in [0.5, 0.6) is 23.0 Å². The van der Waals surface area contributed by atoms with E-state index in [1.165, 1.54) is 19.8 Å². The second-order valence-corrected chi connectivity index (χ2v) is 10.2. The second kappa shape index (κ2) is 11.5. The summed E-state index contributed by atoms with van der Waals surface area (Å²) in [6.07, 6.45) is 1.17. The van der Waals surface area contributed by atoms with Gasteiger partial charge in [0.25, 0.3) is 0 Å². The van der Waals surface area contributed by atoms with E-state index in [4.69, 9.17) is 29.0 Å². The molecule has 194 valence electrons. The molecule has 0 unspecified atom stereocenters. The average Bonchev–Trinajstić information content (AvgIpc) is 3.32. The van der Waals surface area contributed by atoms with E-state index in [9.17, 15) is 9.67 Å². The third-order valence-electron chi connectivity index (χ3n) is 5.82. The maximum Gasteiger partial charge on any atom is 0.328 e. The van der Waals surface area contributed by atoms with Gasteiger partial charge in [0.1, 0.15) is 11.6 Å². The molecule has 0 saturated carbocycles. The van der Waals surface area contributed by atoms with Crippen LogP contribution >= 0.6 is 7.60 Å². The van der Waals surface area contributed by atoms with Crippen LogP contribution in [-0.2, 0) is 17.4 Å². The number of rotatable bonds is 11. The van der Waals surface area contributed by atoms with Crippen molar-refractivity contribution in [2.45, 2.75) is 12.8 Å². The van der Waals surface area contributed by atoms with Crippen molar-refractivity contribution in [2.75, 3.05) is 27.0 Å². The lowest BCUT2D eigenvalue weighted by molar-refractivity contribution is 0.316. The lowest BCUT2D eigenvalue weighted by Crippen LogP contribution is -2.03. The molecular weight excluding hydrogens is 495 g/mol. The molecular formula is C27H29N2O7P. The first-order chi connectivity index (χ1) is 17.8. The molecule has 4 aromatic rings. The lowest BCUT2D eigenvalue weighted by Gasteiger charge is -2.10. The monoisotopic (exact) mass is 524 g/mol. The first-order valence-corrected chi connectivity index (χ1v) is 13.4. The molecule has 0 aliphatic rings. The zero-order valence-corrected chi connectivity index (χ0v) is 21.4. The maximum atomic E-state index is 11.1. The van der Waals surface area contributed by atoms with Crippen molar-refractivity contribution >= 4 is 7.60 Å². The van der Waals surface area contributed by atoms with Gasteiger partial charge in [-0.25, -0.2) is 4.98 Å². The van der Waals surface area contributed by atoms with Crippen LogP contribution in [0.1, 0.15) is 11.3 Å². The van der Waals surface area contributed by atoms with E-state index in [1.54, 1.807) is 24.3 Å². The van der Waals surface area contributed by atoms with E-state index >= 15 is 0 Å². The van der Waals surface area contributed by atoms with Crippen molar-refractivity contribution in [3.05, 3.63) is 78.0 Å². The molecule has 0 aliphatic heterocycles. The minimum Gasteiger partial charge on any atom is -0.502 e. The molecule has 0 bridgehead atoms. The zero-order valence-electron chi connectivity index (χ0n) is 20.5. The van der Waals surface area contributed by atoms with E-state index in [2.05, 4.69) is 17.1 Å². The third-order valence-corrected chi connectivity index (χ3v) is 6.58. The van der Waals surface area contributed by atoms with Crippen molar-refractivity contribution in [1.29, 1.82) is 0 Å². The fourth-order valence-corrected chi connectivity index (χ4v) is 4.23. The van der Waals surface area contributed by atoms with Gasteiger partial charge in [0.2, 0.25) is 5.75 Å². The smallest absolute Gasteiger partial charge is 0.328 e. The van der Waals surface area contributed by atoms with Crippen LogP contribution in [0, 0.1) is 0 Å². The van der Waals surface area contributed by atoms with Crippen LogP contribution in [0.3, 0.4) is 0 Å². The van der Waals surface area contributed by atoms with Crippen molar-refractivity contribution in [3.63, 3.8) is 0 Å². The van der Waals surface area contributed by atoms with Gasteiger partial charge in [0.15, 0.2) is 11.5 Å². The number of aryl methyl sites for hydroxylation is 2. The Morgan fingerprint density at radius 2 is 1.54 bits per heavy atom. The molecule has 1 aromatic heterocycles. The minimum atomic E-state index is -4.11. The highest BCUT2D eigenvalue weighted by molar-refractivity contribution is 7.51. The molecule has 0 aliphatic carbocycles. The number of phenols is 1. The predicted octanol–water partition coefficient (Wildman–Crippen LogP) is 4.81. The van der Waals surface area contributed by atoms with Gasteiger partial charge < -0.3 is 34.1 Å². The first-order valence-electron chi connectivity index (χ1n) is 11.6. The Morgan fingerprint density at radius 1 is 0.892 bits per heavy atom. The summed E-state index contributed by atoms with van der Waals surface area (Å²) in [6, 6.07) is 20.8. The predicted molar refractivity (Wildman–Crippen MR) is 140 cm³/mol. The van der Waals surface area contributed by atoms with Gasteiger partial charge in [-0.15, -0.1) is 0 Å². The Bertz CT molecular complexity index is 1360. The van der Waals surface area contributed by atoms with Gasteiger partial charge in [-0.3, -0.25) is 4.57 Å². The summed E-state index contributed by atoms with van der Waals surface area (Å²) >= 11 is 0. The highest BCUT2D eigenvalue weighted by Crippen LogP contribution is 2.40. The van der Waals surface area contributed by atoms with E-state index < -0.39 is 7.60 Å². The molecule has 0 amide bonds. The number of nitrogens with one attached hydrogen (secondary N) is 1. The van der Waals surface area contributed by atoms with E-state index in [0.717, 1.165) is 23.4 Å². The highest BCUT2D eigenvalue weighted by Gasteiger charge is 2.18. The first kappa shape index (κ1) is 26.3. The summed E-state index contributed by atoms with van der Waals surface area (Å²) in [6.45, 7) is -0.0803. The number of hydrogen-bond acceptors (Lipinski definition) is 6. The summed E-state index contributed by atoms with van der Waals surface area (Å²) in [5.74, 6) is 1.56. The number of aromatic amines is 1. The Kier molecular flexibility index (Phi) is 8.18. The molecule has 0 atom stereocenters. The van der Waals surface area contributed by atoms with Gasteiger partial charge in [0.05, 0.1) is 32.7 Å². The van der Waals surface area contributed by atoms with E-state index in [1.807, 2.05) is 30.3 Å². The normalized spacial score (nSPS) is 11.4. The van der Waals surface area contributed by atoms with Crippen molar-refractivity contribution in [2.24, 2.45) is 0 Å². The molecule has 37 heavy (non-hydrogen) atoms. The molecule has 0 spiro atoms. The fraction of sp³-hybridized carbons (Fsp3) is 0.222. The van der Waals surface area contributed by atoms with Crippen molar-refractivity contribution in [3.8, 4) is 45.6 Å². The van der Waals surface area contributed by atoms with Gasteiger partial charge in [0, 0.05) is 16.8 Å². The number of H-pyrrole nitrogens is 1. The summed E-state index contributed by atoms with van der Waals surface area (Å²) in [5.41, 5.74) is 4.44. The number of benzene rings is 3. The average molecular weight is 525 g/mol. The topological polar surface area (TPSA) is 134 Å². The van der Waals surface area contributed by atoms with Gasteiger partial charge in [-0.2, -0.15) is 0 Å². The van der Waals surface area contributed by atoms with Gasteiger partial charge >= 0.3 is 7.60 Å². The molecule has 0 radical (unpaired) electrons. The van der Waals surface area contributed by atoms with E-state index in [0.29, 0.717) is 23.6 Å². The molecule has 0 fully saturated rings. The van der Waals surface area contributed by atoms with Crippen LogP contribution < -0.4 is 14.2 Å². The summed E-state index contributed by atoms with van der Waals surface area (Å²) in [5, 5.41) is 10.3. The zero-order chi connectivity index (χ0) is 26.4. The number of phenolic OH excluding ortho intramolecular Hbond substituents is 1. The van der Waals surface area contributed by atoms with Crippen molar-refractivity contribution in [1.82, 2.24) is 9.97 Å². The number of aromatic nitrogens is 2. The minimum absolute atomic E-state index is 0.0803. The Morgan fingerprint density at radius 3 is 2.14 bits per heavy atom. The number of imidazole rings is 1. The standard InChI is InChI=1S/C27H29N2O7P/c1-34-23-16-20(17-24(35-2)26(23)30)27-28-22(13-8-18-6-4-3-5-7-18)25(29-27)19-9-11-21(12-10-19)36-14-15-37(31,32)33/h3-7,9-12,16-17,30H,8,13-15H2,1-2H3,(H,28,29)(H2,31,32,33). The number of hydrogen-bond donors (Lipinski definition) is 4.